The number of urea groups is 1. The van der Waals surface area contributed by atoms with Gasteiger partial charge in [0, 0.05) is 13.2 Å². The maximum Gasteiger partial charge on any atom is 0.315 e. The molecule has 1 rings (SSSR count). The number of hydrogen-bond donors (Lipinski definition) is 3. The summed E-state index contributed by atoms with van der Waals surface area (Å²) in [6, 6.07) is -0.413. The number of ether oxygens (including phenoxy) is 1. The van der Waals surface area contributed by atoms with E-state index in [1.165, 1.54) is 0 Å². The van der Waals surface area contributed by atoms with Crippen LogP contribution in [0.3, 0.4) is 0 Å². The molecule has 1 aliphatic rings. The molecule has 3 unspecified atom stereocenters. The van der Waals surface area contributed by atoms with E-state index in [1.807, 2.05) is 6.92 Å². The van der Waals surface area contributed by atoms with Crippen LogP contribution in [-0.2, 0) is 9.53 Å². The van der Waals surface area contributed by atoms with Gasteiger partial charge in [0.2, 0.25) is 0 Å². The Labute approximate surface area is 113 Å². The minimum Gasteiger partial charge on any atom is -0.481 e. The first-order valence-electron chi connectivity index (χ1n) is 6.78. The zero-order valence-electron chi connectivity index (χ0n) is 11.9. The molecule has 110 valence electrons. The van der Waals surface area contributed by atoms with E-state index in [1.54, 1.807) is 13.8 Å². The Morgan fingerprint density at radius 2 is 2.21 bits per heavy atom. The summed E-state index contributed by atoms with van der Waals surface area (Å²) in [5.41, 5.74) is -0.926. The third kappa shape index (κ3) is 4.38. The van der Waals surface area contributed by atoms with E-state index in [2.05, 4.69) is 10.6 Å². The van der Waals surface area contributed by atoms with Crippen molar-refractivity contribution in [2.75, 3.05) is 13.2 Å². The van der Waals surface area contributed by atoms with Gasteiger partial charge < -0.3 is 20.5 Å². The number of carboxylic acids is 1. The van der Waals surface area contributed by atoms with Gasteiger partial charge in [0.15, 0.2) is 0 Å². The molecule has 2 amide bonds. The number of carbonyl (C=O) groups excluding carboxylic acids is 1. The number of rotatable bonds is 6. The first kappa shape index (κ1) is 15.8. The monoisotopic (exact) mass is 272 g/mol. The zero-order valence-corrected chi connectivity index (χ0v) is 11.9. The predicted octanol–water partition coefficient (Wildman–Crippen LogP) is 1.35. The first-order valence-corrected chi connectivity index (χ1v) is 6.78. The minimum atomic E-state index is -0.926. The lowest BCUT2D eigenvalue weighted by Crippen LogP contribution is -2.49. The molecule has 3 atom stereocenters. The fourth-order valence-electron chi connectivity index (χ4n) is 1.97. The molecule has 0 aromatic carbocycles. The molecule has 1 saturated heterocycles. The largest absolute Gasteiger partial charge is 0.481 e. The Kier molecular flexibility index (Phi) is 5.60. The highest BCUT2D eigenvalue weighted by Crippen LogP contribution is 2.20. The molecule has 0 bridgehead atoms. The number of hydrogen-bond acceptors (Lipinski definition) is 3. The summed E-state index contributed by atoms with van der Waals surface area (Å²) in [5.74, 6) is -0.900. The molecule has 6 nitrogen and oxygen atoms in total. The number of carboxylic acid groups (broad SMARTS) is 1. The molecule has 0 aliphatic carbocycles. The van der Waals surface area contributed by atoms with Crippen molar-refractivity contribution in [2.45, 2.75) is 52.2 Å². The van der Waals surface area contributed by atoms with Crippen LogP contribution in [0.2, 0.25) is 0 Å². The smallest absolute Gasteiger partial charge is 0.315 e. The summed E-state index contributed by atoms with van der Waals surface area (Å²) in [5, 5.41) is 14.5. The molecule has 1 aliphatic heterocycles. The Morgan fingerprint density at radius 3 is 2.68 bits per heavy atom. The van der Waals surface area contributed by atoms with E-state index in [0.29, 0.717) is 6.42 Å². The van der Waals surface area contributed by atoms with Gasteiger partial charge in [-0.15, -0.1) is 0 Å². The van der Waals surface area contributed by atoms with Gasteiger partial charge in [-0.25, -0.2) is 4.79 Å². The lowest BCUT2D eigenvalue weighted by molar-refractivity contribution is -0.147. The summed E-state index contributed by atoms with van der Waals surface area (Å²) < 4.78 is 5.48. The van der Waals surface area contributed by atoms with Gasteiger partial charge in [-0.1, -0.05) is 6.92 Å². The second-order valence-corrected chi connectivity index (χ2v) is 5.39. The topological polar surface area (TPSA) is 87.7 Å². The van der Waals surface area contributed by atoms with Crippen LogP contribution in [0.25, 0.3) is 0 Å². The third-order valence-electron chi connectivity index (χ3n) is 3.82. The Balaban J connectivity index is 2.36. The van der Waals surface area contributed by atoms with Crippen molar-refractivity contribution in [3.05, 3.63) is 0 Å². The predicted molar refractivity (Wildman–Crippen MR) is 71.0 cm³/mol. The normalized spacial score (nSPS) is 23.4. The molecule has 0 saturated carbocycles. The zero-order chi connectivity index (χ0) is 14.5. The lowest BCUT2D eigenvalue weighted by Gasteiger charge is -2.25. The van der Waals surface area contributed by atoms with E-state index >= 15 is 0 Å². The first-order chi connectivity index (χ1) is 8.89. The molecule has 6 heteroatoms. The fourth-order valence-corrected chi connectivity index (χ4v) is 1.97. The van der Waals surface area contributed by atoms with Gasteiger partial charge >= 0.3 is 12.0 Å². The van der Waals surface area contributed by atoms with Crippen molar-refractivity contribution >= 4 is 12.0 Å². The molecule has 0 spiro atoms. The van der Waals surface area contributed by atoms with Crippen LogP contribution in [0.5, 0.6) is 0 Å². The van der Waals surface area contributed by atoms with E-state index in [-0.39, 0.29) is 24.7 Å². The van der Waals surface area contributed by atoms with Gasteiger partial charge in [0.05, 0.1) is 17.6 Å². The summed E-state index contributed by atoms with van der Waals surface area (Å²) in [7, 11) is 0. The highest BCUT2D eigenvalue weighted by atomic mass is 16.5. The van der Waals surface area contributed by atoms with E-state index in [0.717, 1.165) is 19.4 Å². The molecule has 0 aromatic rings. The molecule has 3 N–H and O–H groups in total. The Hall–Kier alpha value is -1.30. The fraction of sp³-hybridized carbons (Fsp3) is 0.846. The van der Waals surface area contributed by atoms with Crippen molar-refractivity contribution in [1.29, 1.82) is 0 Å². The van der Waals surface area contributed by atoms with Crippen LogP contribution >= 0.6 is 0 Å². The minimum absolute atomic E-state index is 0.0581. The van der Waals surface area contributed by atoms with Crippen LogP contribution < -0.4 is 10.6 Å². The van der Waals surface area contributed by atoms with E-state index in [9.17, 15) is 9.59 Å². The average Bonchev–Trinajstić information content (AvgIpc) is 2.89. The molecular formula is C13H24N2O4. The van der Waals surface area contributed by atoms with Gasteiger partial charge in [0.25, 0.3) is 0 Å². The molecule has 0 aromatic heterocycles. The Morgan fingerprint density at radius 1 is 1.53 bits per heavy atom. The second-order valence-electron chi connectivity index (χ2n) is 5.39. The SMILES string of the molecule is CCC(C)(CNC(=O)NC(C)C1CCCO1)C(=O)O. The van der Waals surface area contributed by atoms with Gasteiger partial charge in [-0.3, -0.25) is 4.79 Å². The molecular weight excluding hydrogens is 248 g/mol. The van der Waals surface area contributed by atoms with Gasteiger partial charge in [-0.2, -0.15) is 0 Å². The number of nitrogens with one attached hydrogen (secondary N) is 2. The highest BCUT2D eigenvalue weighted by Gasteiger charge is 2.32. The maximum atomic E-state index is 11.7. The van der Waals surface area contributed by atoms with Crippen LogP contribution in [-0.4, -0.2) is 42.4 Å². The van der Waals surface area contributed by atoms with Crippen molar-refractivity contribution in [3.63, 3.8) is 0 Å². The molecule has 0 radical (unpaired) electrons. The van der Waals surface area contributed by atoms with Crippen LogP contribution in [0.1, 0.15) is 40.0 Å². The van der Waals surface area contributed by atoms with Gasteiger partial charge in [0.1, 0.15) is 0 Å². The van der Waals surface area contributed by atoms with Crippen molar-refractivity contribution in [3.8, 4) is 0 Å². The summed E-state index contributed by atoms with van der Waals surface area (Å²) in [4.78, 5) is 22.8. The molecule has 1 fully saturated rings. The number of carbonyl (C=O) groups is 2. The number of amides is 2. The van der Waals surface area contributed by atoms with Crippen LogP contribution in [0.15, 0.2) is 0 Å². The van der Waals surface area contributed by atoms with Crippen molar-refractivity contribution < 1.29 is 19.4 Å². The Bertz CT molecular complexity index is 329. The highest BCUT2D eigenvalue weighted by molar-refractivity contribution is 5.77. The standard InChI is InChI=1S/C13H24N2O4/c1-4-13(3,11(16)17)8-14-12(18)15-9(2)10-6-5-7-19-10/h9-10H,4-8H2,1-3H3,(H,16,17)(H2,14,15,18). The van der Waals surface area contributed by atoms with Crippen molar-refractivity contribution in [2.24, 2.45) is 5.41 Å². The molecule has 19 heavy (non-hydrogen) atoms. The lowest BCUT2D eigenvalue weighted by atomic mass is 9.88. The molecule has 1 heterocycles. The third-order valence-corrected chi connectivity index (χ3v) is 3.82. The summed E-state index contributed by atoms with van der Waals surface area (Å²) >= 11 is 0. The summed E-state index contributed by atoms with van der Waals surface area (Å²) in [6.07, 6.45) is 2.49. The van der Waals surface area contributed by atoms with E-state index < -0.39 is 11.4 Å². The van der Waals surface area contributed by atoms with Crippen LogP contribution in [0, 0.1) is 5.41 Å². The number of aliphatic carboxylic acids is 1. The quantitative estimate of drug-likeness (QED) is 0.681. The maximum absolute atomic E-state index is 11.7. The van der Waals surface area contributed by atoms with Gasteiger partial charge in [-0.05, 0) is 33.1 Å². The summed E-state index contributed by atoms with van der Waals surface area (Å²) in [6.45, 7) is 6.17. The second kappa shape index (κ2) is 6.75. The average molecular weight is 272 g/mol. The van der Waals surface area contributed by atoms with E-state index in [4.69, 9.17) is 9.84 Å². The van der Waals surface area contributed by atoms with Crippen molar-refractivity contribution in [1.82, 2.24) is 10.6 Å². The van der Waals surface area contributed by atoms with Crippen LogP contribution in [0.4, 0.5) is 4.79 Å².